The number of allylic oxidation sites excluding steroid dienone is 1. The molecule has 6 aliphatic rings. The zero-order chi connectivity index (χ0) is 45.8. The van der Waals surface area contributed by atoms with Gasteiger partial charge in [0.25, 0.3) is 5.91 Å². The zero-order valence-electron chi connectivity index (χ0n) is 36.9. The number of pyridine rings is 1. The molecule has 2 saturated carbocycles. The van der Waals surface area contributed by atoms with Crippen LogP contribution in [0.25, 0.3) is 10.9 Å². The van der Waals surface area contributed by atoms with Crippen molar-refractivity contribution in [3.05, 3.63) is 41.6 Å². The molecule has 0 radical (unpaired) electrons. The van der Waals surface area contributed by atoms with Gasteiger partial charge in [0, 0.05) is 36.4 Å². The first-order valence-corrected chi connectivity index (χ1v) is 24.1. The number of hydrogen-bond acceptors (Lipinski definition) is 11. The number of carbonyl (C=O) groups excluding carboxylic acids is 4. The Morgan fingerprint density at radius 1 is 1.06 bits per heavy atom. The molecule has 1 aromatic carbocycles. The molecule has 4 aliphatic heterocycles. The van der Waals surface area contributed by atoms with Gasteiger partial charge in [-0.15, -0.1) is 0 Å². The first kappa shape index (κ1) is 45.9. The van der Waals surface area contributed by atoms with Gasteiger partial charge in [-0.1, -0.05) is 38.8 Å². The van der Waals surface area contributed by atoms with Crippen LogP contribution in [0.2, 0.25) is 0 Å². The Balaban J connectivity index is 1.14. The molecule has 4 amide bonds. The topological polar surface area (TPSA) is 186 Å². The predicted octanol–water partition coefficient (Wildman–Crippen LogP) is 5.54. The Morgan fingerprint density at radius 2 is 1.81 bits per heavy atom. The second-order valence-corrected chi connectivity index (χ2v) is 21.6. The van der Waals surface area contributed by atoms with Crippen molar-refractivity contribution in [3.63, 3.8) is 0 Å². The van der Waals surface area contributed by atoms with E-state index < -0.39 is 85.3 Å². The number of benzene rings is 1. The van der Waals surface area contributed by atoms with E-state index in [-0.39, 0.29) is 68.4 Å². The number of amides is 4. The Bertz CT molecular complexity index is 2310. The van der Waals surface area contributed by atoms with Crippen LogP contribution in [0, 0.1) is 11.8 Å². The summed E-state index contributed by atoms with van der Waals surface area (Å²) in [7, 11) is -2.07. The van der Waals surface area contributed by atoms with E-state index in [1.165, 1.54) is 17.9 Å². The highest BCUT2D eigenvalue weighted by Crippen LogP contribution is 2.51. The third-order valence-electron chi connectivity index (χ3n) is 13.9. The van der Waals surface area contributed by atoms with E-state index in [9.17, 15) is 40.8 Å². The van der Waals surface area contributed by atoms with Crippen LogP contribution < -0.4 is 24.8 Å². The number of piperidine rings is 1. The number of alkyl carbamates (subject to hydrolysis) is 1. The highest BCUT2D eigenvalue weighted by Gasteiger charge is 2.64. The number of fused-ring (bicyclic) bond motifs is 5. The molecule has 2 saturated heterocycles. The van der Waals surface area contributed by atoms with Gasteiger partial charge in [-0.05, 0) is 102 Å². The predicted molar refractivity (Wildman–Crippen MR) is 229 cm³/mol. The summed E-state index contributed by atoms with van der Waals surface area (Å²) in [4.78, 5) is 64.2. The summed E-state index contributed by atoms with van der Waals surface area (Å²) in [6.45, 7) is 6.72. The average Bonchev–Trinajstić information content (AvgIpc) is 4.13. The van der Waals surface area contributed by atoms with Crippen LogP contribution in [-0.4, -0.2) is 114 Å². The number of ether oxygens (including phenoxy) is 3. The van der Waals surface area contributed by atoms with E-state index in [0.717, 1.165) is 25.9 Å². The zero-order valence-corrected chi connectivity index (χ0v) is 37.7. The lowest BCUT2D eigenvalue weighted by atomic mass is 9.87. The van der Waals surface area contributed by atoms with Crippen LogP contribution >= 0.6 is 0 Å². The first-order chi connectivity index (χ1) is 30.2. The van der Waals surface area contributed by atoms with Crippen LogP contribution in [0.4, 0.5) is 18.0 Å². The molecule has 4 fully saturated rings. The summed E-state index contributed by atoms with van der Waals surface area (Å²) in [6.07, 6.45) is 2.87. The Kier molecular flexibility index (Phi) is 12.4. The summed E-state index contributed by atoms with van der Waals surface area (Å²) in [5.74, 6) is -2.93. The third kappa shape index (κ3) is 9.38. The van der Waals surface area contributed by atoms with E-state index in [0.29, 0.717) is 49.7 Å². The smallest absolute Gasteiger partial charge is 0.437 e. The summed E-state index contributed by atoms with van der Waals surface area (Å²) in [5, 5.41) is 5.93. The second kappa shape index (κ2) is 17.3. The fraction of sp³-hybridized carbons (Fsp3) is 0.667. The minimum atomic E-state index is -4.94. The van der Waals surface area contributed by atoms with Gasteiger partial charge in [-0.25, -0.2) is 18.2 Å². The molecule has 0 bridgehead atoms. The number of alkyl halides is 3. The fourth-order valence-corrected chi connectivity index (χ4v) is 10.8. The summed E-state index contributed by atoms with van der Waals surface area (Å²) in [5.41, 5.74) is -4.05. The van der Waals surface area contributed by atoms with Gasteiger partial charge in [0.15, 0.2) is 11.4 Å². The molecule has 2 aromatic rings. The lowest BCUT2D eigenvalue weighted by molar-refractivity contribution is -0.144. The van der Waals surface area contributed by atoms with E-state index in [1.807, 2.05) is 27.0 Å². The Morgan fingerprint density at radius 3 is 2.52 bits per heavy atom. The molecule has 2 aliphatic carbocycles. The summed E-state index contributed by atoms with van der Waals surface area (Å²) >= 11 is 0. The molecule has 1 spiro atoms. The van der Waals surface area contributed by atoms with Crippen molar-refractivity contribution in [2.24, 2.45) is 11.8 Å². The lowest BCUT2D eigenvalue weighted by Gasteiger charge is -2.37. The van der Waals surface area contributed by atoms with Gasteiger partial charge in [-0.3, -0.25) is 19.1 Å². The molecular formula is C45H59F3N6O9S. The molecule has 350 valence electrons. The normalized spacial score (nSPS) is 29.3. The number of nitrogens with zero attached hydrogens (tertiary/aromatic N) is 3. The Labute approximate surface area is 371 Å². The molecule has 19 heteroatoms. The van der Waals surface area contributed by atoms with Crippen LogP contribution in [0.5, 0.6) is 11.5 Å². The average molecular weight is 917 g/mol. The standard InChI is InChI=1S/C45H59F3N6O9S/c1-27(2)25-61-41(58)50-34-11-9-7-5-6-8-10-28-23-44(28,40(57)52-64(59,60)42(3)18-19-42)51-38(55)35-24-43(26-54(35)39(34)56)17-14-31-32-22-30(62-29-15-20-53(4)21-16-29)12-13-33(32)49-37(36(31)63-43)45(46,47)48/h8,10,12-13,22,27-29,34-35H,5-7,9,11,14-21,23-26H2,1-4H3,(H,50,58)(H,51,55)(H,52,57)/b10-8-/t28-,34+,35+,43-,44-/m1/s1. The van der Waals surface area contributed by atoms with Gasteiger partial charge >= 0.3 is 12.3 Å². The molecule has 5 heterocycles. The van der Waals surface area contributed by atoms with Crippen LogP contribution in [0.3, 0.4) is 0 Å². The minimum absolute atomic E-state index is 0.00432. The van der Waals surface area contributed by atoms with Gasteiger partial charge in [0.05, 0.1) is 23.4 Å². The third-order valence-corrected chi connectivity index (χ3v) is 16.0. The molecule has 15 nitrogen and oxygen atoms in total. The SMILES string of the molecule is CC(C)COC(=O)N[C@H]1CCCCC/C=C\[C@@H]2C[C@@]2(C(=O)NS(=O)(=O)C2(C)CC2)NC(=O)[C@@H]2C[C@]3(CCc4c(c(C(F)(F)F)nc5ccc(OC6CCN(C)CC6)cc45)O3)CN2C1=O. The minimum Gasteiger partial charge on any atom is -0.490 e. The number of rotatable bonds is 8. The van der Waals surface area contributed by atoms with Crippen molar-refractivity contribution in [2.75, 3.05) is 33.3 Å². The molecule has 8 rings (SSSR count). The molecule has 64 heavy (non-hydrogen) atoms. The number of aryl methyl sites for hydroxylation is 1. The highest BCUT2D eigenvalue weighted by molar-refractivity contribution is 7.91. The summed E-state index contributed by atoms with van der Waals surface area (Å²) in [6, 6.07) is 2.27. The van der Waals surface area contributed by atoms with Crippen LogP contribution in [-0.2, 0) is 41.7 Å². The molecule has 1 aromatic heterocycles. The van der Waals surface area contributed by atoms with E-state index >= 15 is 0 Å². The second-order valence-electron chi connectivity index (χ2n) is 19.4. The number of halogens is 3. The summed E-state index contributed by atoms with van der Waals surface area (Å²) < 4.78 is 90.8. The van der Waals surface area contributed by atoms with Crippen molar-refractivity contribution in [1.29, 1.82) is 0 Å². The quantitative estimate of drug-likeness (QED) is 0.283. The number of sulfonamides is 1. The number of carbonyl (C=O) groups is 4. The van der Waals surface area contributed by atoms with Gasteiger partial charge < -0.3 is 34.6 Å². The van der Waals surface area contributed by atoms with Crippen LogP contribution in [0.1, 0.15) is 109 Å². The molecule has 0 unspecified atom stereocenters. The maximum Gasteiger partial charge on any atom is 0.437 e. The maximum atomic E-state index is 15.0. The van der Waals surface area contributed by atoms with Crippen molar-refractivity contribution in [2.45, 2.75) is 144 Å². The van der Waals surface area contributed by atoms with E-state index in [2.05, 4.69) is 25.2 Å². The van der Waals surface area contributed by atoms with Crippen molar-refractivity contribution < 1.29 is 55.0 Å². The fourth-order valence-electron chi connectivity index (χ4n) is 9.50. The largest absolute Gasteiger partial charge is 0.490 e. The van der Waals surface area contributed by atoms with Gasteiger partial charge in [-0.2, -0.15) is 13.2 Å². The van der Waals surface area contributed by atoms with Crippen molar-refractivity contribution >= 4 is 44.7 Å². The number of hydrogen-bond donors (Lipinski definition) is 3. The van der Waals surface area contributed by atoms with E-state index in [1.54, 1.807) is 18.2 Å². The number of nitrogens with one attached hydrogen (secondary N) is 3. The van der Waals surface area contributed by atoms with E-state index in [4.69, 9.17) is 14.2 Å². The first-order valence-electron chi connectivity index (χ1n) is 22.6. The molecular weight excluding hydrogens is 858 g/mol. The van der Waals surface area contributed by atoms with Gasteiger partial charge in [0.2, 0.25) is 21.8 Å². The molecule has 3 N–H and O–H groups in total. The maximum absolute atomic E-state index is 15.0. The molecule has 5 atom stereocenters. The van der Waals surface area contributed by atoms with Crippen LogP contribution in [0.15, 0.2) is 30.4 Å². The number of likely N-dealkylation sites (tertiary alicyclic amines) is 1. The van der Waals surface area contributed by atoms with Gasteiger partial charge in [0.1, 0.15) is 35.1 Å². The monoisotopic (exact) mass is 916 g/mol. The van der Waals surface area contributed by atoms with Crippen molar-refractivity contribution in [3.8, 4) is 11.5 Å². The number of aromatic nitrogens is 1. The lowest BCUT2D eigenvalue weighted by Crippen LogP contribution is -2.58. The Hall–Kier alpha value is -4.65. The van der Waals surface area contributed by atoms with Crippen molar-refractivity contribution in [1.82, 2.24) is 30.1 Å². The highest BCUT2D eigenvalue weighted by atomic mass is 32.2.